The van der Waals surface area contributed by atoms with Gasteiger partial charge < -0.3 is 19.7 Å². The fraction of sp³-hybridized carbons (Fsp3) is 0.600. The van der Waals surface area contributed by atoms with E-state index in [0.717, 1.165) is 30.8 Å². The fourth-order valence-electron chi connectivity index (χ4n) is 2.75. The van der Waals surface area contributed by atoms with Crippen LogP contribution in [0.4, 0.5) is 0 Å². The van der Waals surface area contributed by atoms with Gasteiger partial charge in [0.15, 0.2) is 11.5 Å². The highest BCUT2D eigenvalue weighted by molar-refractivity contribution is 6.32. The van der Waals surface area contributed by atoms with E-state index in [0.29, 0.717) is 30.0 Å². The number of benzene rings is 1. The van der Waals surface area contributed by atoms with Gasteiger partial charge in [0.25, 0.3) is 0 Å². The van der Waals surface area contributed by atoms with Crippen molar-refractivity contribution in [1.82, 2.24) is 10.2 Å². The zero-order valence-corrected chi connectivity index (χ0v) is 12.6. The van der Waals surface area contributed by atoms with E-state index in [4.69, 9.17) is 21.1 Å². The summed E-state index contributed by atoms with van der Waals surface area (Å²) in [6, 6.07) is 4.58. The van der Waals surface area contributed by atoms with Gasteiger partial charge in [0.05, 0.1) is 18.2 Å². The first-order chi connectivity index (χ1) is 9.72. The minimum atomic E-state index is 0.565. The van der Waals surface area contributed by atoms with Crippen LogP contribution >= 0.6 is 11.6 Å². The smallest absolute Gasteiger partial charge is 0.179 e. The average Bonchev–Trinajstić information content (AvgIpc) is 2.70. The number of nitrogens with zero attached hydrogens (tertiary/aromatic N) is 1. The van der Waals surface area contributed by atoms with Crippen LogP contribution in [0.15, 0.2) is 12.1 Å². The zero-order valence-electron chi connectivity index (χ0n) is 11.8. The first-order valence-corrected chi connectivity index (χ1v) is 7.60. The molecule has 1 N–H and O–H groups in total. The van der Waals surface area contributed by atoms with Gasteiger partial charge in [0.1, 0.15) is 0 Å². The Labute approximate surface area is 125 Å². The van der Waals surface area contributed by atoms with Crippen molar-refractivity contribution < 1.29 is 9.47 Å². The molecule has 1 fully saturated rings. The molecule has 1 saturated heterocycles. The van der Waals surface area contributed by atoms with Gasteiger partial charge in [-0.2, -0.15) is 0 Å². The molecule has 0 aromatic heterocycles. The summed E-state index contributed by atoms with van der Waals surface area (Å²) < 4.78 is 11.4. The molecule has 2 aliphatic rings. The van der Waals surface area contributed by atoms with E-state index in [1.165, 1.54) is 13.0 Å². The van der Waals surface area contributed by atoms with Crippen molar-refractivity contribution in [3.05, 3.63) is 22.7 Å². The molecule has 4 nitrogen and oxygen atoms in total. The van der Waals surface area contributed by atoms with Crippen molar-refractivity contribution in [3.63, 3.8) is 0 Å². The van der Waals surface area contributed by atoms with Crippen molar-refractivity contribution in [2.24, 2.45) is 0 Å². The number of ether oxygens (including phenoxy) is 2. The molecule has 0 amide bonds. The predicted octanol–water partition coefficient (Wildman–Crippen LogP) is 2.29. The van der Waals surface area contributed by atoms with E-state index in [1.54, 1.807) is 0 Å². The molecule has 1 unspecified atom stereocenters. The Morgan fingerprint density at radius 1 is 1.35 bits per heavy atom. The second-order valence-electron chi connectivity index (χ2n) is 5.58. The van der Waals surface area contributed by atoms with Crippen LogP contribution in [0, 0.1) is 0 Å². The molecule has 0 aliphatic carbocycles. The van der Waals surface area contributed by atoms with Gasteiger partial charge in [-0.1, -0.05) is 11.6 Å². The molecule has 2 aliphatic heterocycles. The minimum Gasteiger partial charge on any atom is -0.489 e. The lowest BCUT2D eigenvalue weighted by atomic mass is 10.1. The number of halogens is 1. The van der Waals surface area contributed by atoms with E-state index in [1.807, 2.05) is 12.1 Å². The Morgan fingerprint density at radius 3 is 3.00 bits per heavy atom. The molecule has 0 bridgehead atoms. The number of hydrogen-bond acceptors (Lipinski definition) is 4. The van der Waals surface area contributed by atoms with Crippen LogP contribution in [0.3, 0.4) is 0 Å². The monoisotopic (exact) mass is 296 g/mol. The Kier molecular flexibility index (Phi) is 4.34. The maximum atomic E-state index is 6.30. The SMILES string of the molecule is CN1CCC(NCc2cc(Cl)c3c(c2)OCCCO3)C1. The lowest BCUT2D eigenvalue weighted by molar-refractivity contribution is 0.297. The number of rotatable bonds is 3. The predicted molar refractivity (Wildman–Crippen MR) is 79.8 cm³/mol. The third-order valence-electron chi connectivity index (χ3n) is 3.85. The van der Waals surface area contributed by atoms with Crippen LogP contribution < -0.4 is 14.8 Å². The van der Waals surface area contributed by atoms with Crippen LogP contribution in [-0.2, 0) is 6.54 Å². The minimum absolute atomic E-state index is 0.565. The lowest BCUT2D eigenvalue weighted by Crippen LogP contribution is -2.30. The maximum Gasteiger partial charge on any atom is 0.179 e. The third kappa shape index (κ3) is 3.19. The molecular weight excluding hydrogens is 276 g/mol. The van der Waals surface area contributed by atoms with Gasteiger partial charge in [-0.05, 0) is 37.7 Å². The topological polar surface area (TPSA) is 33.7 Å². The van der Waals surface area contributed by atoms with Crippen molar-refractivity contribution >= 4 is 11.6 Å². The Morgan fingerprint density at radius 2 is 2.20 bits per heavy atom. The fourth-order valence-corrected chi connectivity index (χ4v) is 3.04. The summed E-state index contributed by atoms with van der Waals surface area (Å²) in [6.45, 7) is 4.44. The standard InChI is InChI=1S/C15H21ClN2O2/c1-18-4-3-12(10-18)17-9-11-7-13(16)15-14(8-11)19-5-2-6-20-15/h7-8,12,17H,2-6,9-10H2,1H3. The molecular formula is C15H21ClN2O2. The second-order valence-corrected chi connectivity index (χ2v) is 5.99. The largest absolute Gasteiger partial charge is 0.489 e. The summed E-state index contributed by atoms with van der Waals surface area (Å²) >= 11 is 6.30. The summed E-state index contributed by atoms with van der Waals surface area (Å²) in [5.74, 6) is 1.46. The lowest BCUT2D eigenvalue weighted by Gasteiger charge is -2.15. The Hall–Kier alpha value is -0.970. The summed E-state index contributed by atoms with van der Waals surface area (Å²) in [4.78, 5) is 2.35. The highest BCUT2D eigenvalue weighted by Crippen LogP contribution is 2.37. The van der Waals surface area contributed by atoms with Gasteiger partial charge in [-0.15, -0.1) is 0 Å². The van der Waals surface area contributed by atoms with E-state index in [9.17, 15) is 0 Å². The normalized spacial score (nSPS) is 22.8. The summed E-state index contributed by atoms with van der Waals surface area (Å²) in [6.07, 6.45) is 2.10. The molecule has 20 heavy (non-hydrogen) atoms. The van der Waals surface area contributed by atoms with Crippen molar-refractivity contribution in [2.75, 3.05) is 33.4 Å². The van der Waals surface area contributed by atoms with Crippen molar-refractivity contribution in [3.8, 4) is 11.5 Å². The summed E-state index contributed by atoms with van der Waals surface area (Å²) in [5.41, 5.74) is 1.15. The zero-order chi connectivity index (χ0) is 13.9. The highest BCUT2D eigenvalue weighted by atomic mass is 35.5. The van der Waals surface area contributed by atoms with Crippen LogP contribution in [0.1, 0.15) is 18.4 Å². The molecule has 0 spiro atoms. The summed E-state index contributed by atoms with van der Waals surface area (Å²) in [7, 11) is 2.16. The van der Waals surface area contributed by atoms with Crippen LogP contribution in [0.2, 0.25) is 5.02 Å². The van der Waals surface area contributed by atoms with E-state index < -0.39 is 0 Å². The van der Waals surface area contributed by atoms with E-state index >= 15 is 0 Å². The second kappa shape index (κ2) is 6.20. The van der Waals surface area contributed by atoms with Gasteiger partial charge in [0.2, 0.25) is 0 Å². The van der Waals surface area contributed by atoms with Gasteiger partial charge in [-0.25, -0.2) is 0 Å². The molecule has 1 atom stereocenters. The first-order valence-electron chi connectivity index (χ1n) is 7.22. The quantitative estimate of drug-likeness (QED) is 0.928. The number of nitrogens with one attached hydrogen (secondary N) is 1. The van der Waals surface area contributed by atoms with Crippen LogP contribution in [0.5, 0.6) is 11.5 Å². The molecule has 3 rings (SSSR count). The molecule has 1 aromatic carbocycles. The first kappa shape index (κ1) is 14.0. The molecule has 0 radical (unpaired) electrons. The van der Waals surface area contributed by atoms with Crippen molar-refractivity contribution in [1.29, 1.82) is 0 Å². The van der Waals surface area contributed by atoms with Gasteiger partial charge in [-0.3, -0.25) is 0 Å². The van der Waals surface area contributed by atoms with E-state index in [2.05, 4.69) is 17.3 Å². The van der Waals surface area contributed by atoms with Gasteiger partial charge >= 0.3 is 0 Å². The highest BCUT2D eigenvalue weighted by Gasteiger charge is 2.20. The number of fused-ring (bicyclic) bond motifs is 1. The number of likely N-dealkylation sites (N-methyl/N-ethyl adjacent to an activating group) is 1. The average molecular weight is 297 g/mol. The van der Waals surface area contributed by atoms with Crippen molar-refractivity contribution in [2.45, 2.75) is 25.4 Å². The molecule has 110 valence electrons. The van der Waals surface area contributed by atoms with Crippen LogP contribution in [-0.4, -0.2) is 44.3 Å². The molecule has 0 saturated carbocycles. The third-order valence-corrected chi connectivity index (χ3v) is 4.13. The number of hydrogen-bond donors (Lipinski definition) is 1. The van der Waals surface area contributed by atoms with Crippen LogP contribution in [0.25, 0.3) is 0 Å². The molecule has 1 aromatic rings. The summed E-state index contributed by atoms with van der Waals surface area (Å²) in [5, 5.41) is 4.22. The van der Waals surface area contributed by atoms with Gasteiger partial charge in [0, 0.05) is 25.6 Å². The van der Waals surface area contributed by atoms with E-state index in [-0.39, 0.29) is 0 Å². The molecule has 2 heterocycles. The Bertz CT molecular complexity index is 481. The number of likely N-dealkylation sites (tertiary alicyclic amines) is 1. The molecule has 5 heteroatoms. The Balaban J connectivity index is 1.67. The maximum absolute atomic E-state index is 6.30.